The van der Waals surface area contributed by atoms with E-state index in [1.54, 1.807) is 0 Å². The summed E-state index contributed by atoms with van der Waals surface area (Å²) in [5, 5.41) is 24.7. The lowest BCUT2D eigenvalue weighted by molar-refractivity contribution is -0.916. The van der Waals surface area contributed by atoms with Crippen LogP contribution in [0.15, 0.2) is 154 Å². The lowest BCUT2D eigenvalue weighted by Crippen LogP contribution is -2.54. The third-order valence-corrected chi connectivity index (χ3v) is 16.4. The van der Waals surface area contributed by atoms with Crippen LogP contribution in [0.3, 0.4) is 0 Å². The smallest absolute Gasteiger partial charge is 0.333 e. The van der Waals surface area contributed by atoms with Crippen molar-refractivity contribution in [2.75, 3.05) is 84.9 Å². The van der Waals surface area contributed by atoms with E-state index in [2.05, 4.69) is 195 Å². The molecular weight excluding hydrogens is 951 g/mol. The lowest BCUT2D eigenvalue weighted by Gasteiger charge is -2.37. The van der Waals surface area contributed by atoms with Gasteiger partial charge in [0.2, 0.25) is 22.8 Å². The number of aromatic nitrogens is 3. The maximum atomic E-state index is 12.5. The minimum Gasteiger partial charge on any atom is -0.492 e. The van der Waals surface area contributed by atoms with Crippen LogP contribution in [0.1, 0.15) is 49.7 Å². The molecule has 4 aromatic carbocycles. The Bertz CT molecular complexity index is 2960. The van der Waals surface area contributed by atoms with Crippen molar-refractivity contribution in [3.63, 3.8) is 0 Å². The number of anilines is 2. The standard InChI is InChI=1S/C59H69N7O5S2/c1-60-51-24-13-15-26-53(51)72-57(60)40-44-31-35-62(49-22-11-9-20-47(44)49)33-18-37-65(3,4)42-46(70-39-17-7-8-28-59(69)71-64-55(67)29-30-56(64)68)43-66(5,6)38-19-34-63-36-32-45(48-21-10-12-23-50(48)63)41-58-61(2)52-25-14-16-27-54(52)73-58/h9-16,20-27,29-32,35-36,40-41,46H,7-8,17-19,28,33-34,37-39,42-43H2,1-6H3/q+2/p+2. The predicted octanol–water partition coefficient (Wildman–Crippen LogP) is 10.1. The molecule has 380 valence electrons. The zero-order valence-corrected chi connectivity index (χ0v) is 44.8. The van der Waals surface area contributed by atoms with Crippen LogP contribution in [-0.2, 0) is 22.6 Å². The molecule has 2 aliphatic rings. The van der Waals surface area contributed by atoms with Crippen LogP contribution in [-0.4, -0.2) is 111 Å². The highest BCUT2D eigenvalue weighted by molar-refractivity contribution is 8.04. The Balaban J connectivity index is 0.828. The zero-order chi connectivity index (χ0) is 51.1. The molecular formula is C59H71N7O5S2+4. The molecule has 0 atom stereocenters. The number of quaternary nitrogens is 2. The fourth-order valence-corrected chi connectivity index (χ4v) is 12.5. The fourth-order valence-electron chi connectivity index (χ4n) is 10.2. The molecule has 12 nitrogen and oxygen atoms in total. The molecule has 0 bridgehead atoms. The van der Waals surface area contributed by atoms with E-state index in [0.29, 0.717) is 13.0 Å². The lowest BCUT2D eigenvalue weighted by atomic mass is 10.1. The molecule has 0 amide bonds. The summed E-state index contributed by atoms with van der Waals surface area (Å²) in [7, 11) is 13.6. The highest BCUT2D eigenvalue weighted by Crippen LogP contribution is 2.47. The van der Waals surface area contributed by atoms with Crippen LogP contribution in [0.4, 0.5) is 11.4 Å². The second-order valence-corrected chi connectivity index (χ2v) is 22.8. The van der Waals surface area contributed by atoms with Gasteiger partial charge >= 0.3 is 5.97 Å². The molecule has 9 rings (SSSR count). The second-order valence-electron chi connectivity index (χ2n) is 20.7. The van der Waals surface area contributed by atoms with Gasteiger partial charge in [0, 0.05) is 73.3 Å². The minimum atomic E-state index is -0.512. The number of carbonyl (C=O) groups excluding carboxylic acids is 1. The van der Waals surface area contributed by atoms with Crippen LogP contribution in [0.2, 0.25) is 0 Å². The fraction of sp³-hybridized carbons (Fsp3) is 0.339. The maximum Gasteiger partial charge on any atom is 0.333 e. The predicted molar refractivity (Wildman–Crippen MR) is 296 cm³/mol. The first kappa shape index (κ1) is 51.6. The number of ether oxygens (including phenoxy) is 1. The number of hydrogen-bond acceptors (Lipinski definition) is 9. The Morgan fingerprint density at radius 2 is 1.07 bits per heavy atom. The SMILES string of the molecule is CN1C(=Cc2cc[n+](CCC[N+](C)(C)CC(C[N+](C)(C)CCC[n+]3ccc(C=C4Sc5ccccc5N4C)c4ccccc43)OCCCCCC(=O)On3c(O)ccc3O)c3ccccc23)Sc2ccccc21. The third kappa shape index (κ3) is 12.6. The van der Waals surface area contributed by atoms with Crippen LogP contribution in [0, 0.1) is 0 Å². The van der Waals surface area contributed by atoms with Gasteiger partial charge in [-0.2, -0.15) is 9.13 Å². The van der Waals surface area contributed by atoms with Crippen molar-refractivity contribution in [3.8, 4) is 11.8 Å². The summed E-state index contributed by atoms with van der Waals surface area (Å²) in [6.07, 6.45) is 13.6. The molecule has 0 fully saturated rings. The van der Waals surface area contributed by atoms with Gasteiger partial charge in [-0.3, -0.25) is 0 Å². The Morgan fingerprint density at radius 3 is 1.56 bits per heavy atom. The highest BCUT2D eigenvalue weighted by atomic mass is 32.2. The second kappa shape index (κ2) is 22.9. The van der Waals surface area contributed by atoms with Crippen molar-refractivity contribution in [3.05, 3.63) is 155 Å². The molecule has 14 heteroatoms. The molecule has 3 aromatic heterocycles. The highest BCUT2D eigenvalue weighted by Gasteiger charge is 2.31. The zero-order valence-electron chi connectivity index (χ0n) is 43.2. The Kier molecular flexibility index (Phi) is 16.2. The molecule has 0 saturated heterocycles. The summed E-state index contributed by atoms with van der Waals surface area (Å²) in [4.78, 5) is 24.8. The number of thioether (sulfide) groups is 2. The number of nitrogens with zero attached hydrogens (tertiary/aromatic N) is 7. The first-order chi connectivity index (χ1) is 35.2. The van der Waals surface area contributed by atoms with Crippen LogP contribution >= 0.6 is 23.5 Å². The van der Waals surface area contributed by atoms with Gasteiger partial charge < -0.3 is 38.6 Å². The Hall–Kier alpha value is -6.29. The van der Waals surface area contributed by atoms with Crippen LogP contribution < -0.4 is 23.8 Å². The van der Waals surface area contributed by atoms with Gasteiger partial charge in [-0.05, 0) is 72.5 Å². The normalized spacial score (nSPS) is 15.2. The summed E-state index contributed by atoms with van der Waals surface area (Å²) in [5.41, 5.74) is 7.41. The molecule has 0 unspecified atom stereocenters. The van der Waals surface area contributed by atoms with Crippen molar-refractivity contribution < 1.29 is 42.7 Å². The first-order valence-electron chi connectivity index (χ1n) is 25.6. The van der Waals surface area contributed by atoms with E-state index in [9.17, 15) is 15.0 Å². The summed E-state index contributed by atoms with van der Waals surface area (Å²) in [6.45, 7) is 6.14. The number of rotatable bonds is 22. The third-order valence-electron chi connectivity index (χ3n) is 14.1. The molecule has 0 radical (unpaired) electrons. The van der Waals surface area contributed by atoms with E-state index in [1.165, 1.54) is 76.3 Å². The Morgan fingerprint density at radius 1 is 0.603 bits per heavy atom. The Labute approximate surface area is 439 Å². The average Bonchev–Trinajstić information content (AvgIpc) is 3.99. The van der Waals surface area contributed by atoms with Gasteiger partial charge in [0.05, 0.1) is 86.3 Å². The molecule has 2 aliphatic heterocycles. The van der Waals surface area contributed by atoms with Gasteiger partial charge in [0.25, 0.3) is 0 Å². The first-order valence-corrected chi connectivity index (χ1v) is 27.2. The van der Waals surface area contributed by atoms with Crippen molar-refractivity contribution in [2.24, 2.45) is 0 Å². The van der Waals surface area contributed by atoms with Crippen LogP contribution in [0.5, 0.6) is 11.8 Å². The number of hydrogen-bond donors (Lipinski definition) is 2. The number of aromatic hydroxyl groups is 2. The number of carbonyl (C=O) groups is 1. The molecule has 0 aliphatic carbocycles. The number of likely N-dealkylation sites (N-methyl/N-ethyl adjacent to an activating group) is 2. The van der Waals surface area contributed by atoms with E-state index in [0.717, 1.165) is 78.6 Å². The summed E-state index contributed by atoms with van der Waals surface area (Å²) < 4.78 is 14.0. The molecule has 0 spiro atoms. The summed E-state index contributed by atoms with van der Waals surface area (Å²) >= 11 is 3.65. The largest absolute Gasteiger partial charge is 0.492 e. The number of pyridine rings is 2. The summed E-state index contributed by atoms with van der Waals surface area (Å²) in [6, 6.07) is 41.8. The topological polar surface area (TPSA) is 95.2 Å². The number of aryl methyl sites for hydroxylation is 2. The molecule has 0 saturated carbocycles. The van der Waals surface area contributed by atoms with Crippen molar-refractivity contribution in [1.29, 1.82) is 0 Å². The van der Waals surface area contributed by atoms with Gasteiger partial charge in [-0.25, -0.2) is 4.79 Å². The summed E-state index contributed by atoms with van der Waals surface area (Å²) in [5.74, 6) is -1.16. The van der Waals surface area contributed by atoms with E-state index >= 15 is 0 Å². The molecule has 7 aromatic rings. The van der Waals surface area contributed by atoms with E-state index < -0.39 is 5.97 Å². The molecule has 73 heavy (non-hydrogen) atoms. The van der Waals surface area contributed by atoms with E-state index in [4.69, 9.17) is 9.57 Å². The van der Waals surface area contributed by atoms with Crippen molar-refractivity contribution in [2.45, 2.75) is 67.5 Å². The van der Waals surface area contributed by atoms with E-state index in [1.807, 2.05) is 23.5 Å². The van der Waals surface area contributed by atoms with E-state index in [-0.39, 0.29) is 24.3 Å². The van der Waals surface area contributed by atoms with Crippen molar-refractivity contribution >= 4 is 74.8 Å². The van der Waals surface area contributed by atoms with Gasteiger partial charge in [-0.15, -0.1) is 4.73 Å². The molecule has 5 heterocycles. The van der Waals surface area contributed by atoms with Gasteiger partial charge in [0.1, 0.15) is 13.1 Å². The maximum absolute atomic E-state index is 12.5. The van der Waals surface area contributed by atoms with Crippen LogP contribution in [0.25, 0.3) is 34.0 Å². The number of para-hydroxylation sites is 4. The van der Waals surface area contributed by atoms with Crippen molar-refractivity contribution in [1.82, 2.24) is 4.73 Å². The molecule has 2 N–H and O–H groups in total. The minimum absolute atomic E-state index is 0.0201. The number of benzene rings is 4. The van der Waals surface area contributed by atoms with Gasteiger partial charge in [-0.1, -0.05) is 78.5 Å². The van der Waals surface area contributed by atoms with Gasteiger partial charge in [0.15, 0.2) is 31.6 Å². The average molecular weight is 1020 g/mol. The number of fused-ring (bicyclic) bond motifs is 4. The number of unbranched alkanes of at least 4 members (excludes halogenated alkanes) is 2. The quantitative estimate of drug-likeness (QED) is 0.0391. The monoisotopic (exact) mass is 1020 g/mol.